The van der Waals surface area contributed by atoms with Crippen molar-refractivity contribution in [2.24, 2.45) is 0 Å². The Balaban J connectivity index is 1.52. The van der Waals surface area contributed by atoms with Crippen molar-refractivity contribution in [2.45, 2.75) is 12.3 Å². The summed E-state index contributed by atoms with van der Waals surface area (Å²) < 4.78 is 0. The molecular formula is C18H17N5O2. The Morgan fingerprint density at radius 1 is 1.16 bits per heavy atom. The lowest BCUT2D eigenvalue weighted by molar-refractivity contribution is 0.155. The van der Waals surface area contributed by atoms with Crippen LogP contribution in [0.3, 0.4) is 0 Å². The quantitative estimate of drug-likeness (QED) is 0.767. The van der Waals surface area contributed by atoms with Crippen LogP contribution in [0.4, 0.5) is 4.79 Å². The van der Waals surface area contributed by atoms with E-state index in [1.165, 1.54) is 4.90 Å². The van der Waals surface area contributed by atoms with Crippen molar-refractivity contribution < 1.29 is 9.90 Å². The number of nitrogens with one attached hydrogen (secondary N) is 1. The summed E-state index contributed by atoms with van der Waals surface area (Å²) in [5.74, 6) is 0.829. The molecule has 7 heteroatoms. The number of likely N-dealkylation sites (tertiary alicyclic amines) is 1. The Kier molecular flexibility index (Phi) is 3.89. The summed E-state index contributed by atoms with van der Waals surface area (Å²) >= 11 is 0. The minimum atomic E-state index is -0.868. The number of carbonyl (C=O) groups is 1. The molecule has 0 radical (unpaired) electrons. The summed E-state index contributed by atoms with van der Waals surface area (Å²) in [5.41, 5.74) is 3.51. The topological polar surface area (TPSA) is 95.0 Å². The van der Waals surface area contributed by atoms with Crippen LogP contribution in [0.15, 0.2) is 48.8 Å². The number of H-pyrrole nitrogens is 1. The zero-order valence-corrected chi connectivity index (χ0v) is 13.5. The van der Waals surface area contributed by atoms with Crippen molar-refractivity contribution in [3.63, 3.8) is 0 Å². The van der Waals surface area contributed by atoms with E-state index in [1.807, 2.05) is 36.4 Å². The van der Waals surface area contributed by atoms with Gasteiger partial charge in [0.25, 0.3) is 0 Å². The Hall–Kier alpha value is -3.22. The maximum atomic E-state index is 11.0. The zero-order valence-electron chi connectivity index (χ0n) is 13.5. The van der Waals surface area contributed by atoms with E-state index in [0.717, 1.165) is 28.9 Å². The molecule has 1 atom stereocenters. The summed E-state index contributed by atoms with van der Waals surface area (Å²) in [4.78, 5) is 21.3. The third kappa shape index (κ3) is 3.08. The fraction of sp³-hybridized carbons (Fsp3) is 0.222. The summed E-state index contributed by atoms with van der Waals surface area (Å²) in [6.07, 6.45) is 3.45. The number of benzene rings is 1. The first-order valence-electron chi connectivity index (χ1n) is 8.12. The van der Waals surface area contributed by atoms with Gasteiger partial charge < -0.3 is 10.0 Å². The predicted molar refractivity (Wildman–Crippen MR) is 92.0 cm³/mol. The standard InChI is InChI=1S/C18H17N5O2/c24-18(25)23-7-6-13(11-23)15-8-16(22-21-15)14-9-19-17(20-10-14)12-4-2-1-3-5-12/h1-5,8-10,13H,6-7,11H2,(H,21,22)(H,24,25). The van der Waals surface area contributed by atoms with E-state index in [-0.39, 0.29) is 5.92 Å². The second-order valence-electron chi connectivity index (χ2n) is 6.08. The maximum Gasteiger partial charge on any atom is 0.407 e. The van der Waals surface area contributed by atoms with E-state index < -0.39 is 6.09 Å². The summed E-state index contributed by atoms with van der Waals surface area (Å²) in [5, 5.41) is 16.4. The fourth-order valence-corrected chi connectivity index (χ4v) is 3.08. The molecule has 3 aromatic rings. The maximum absolute atomic E-state index is 11.0. The Morgan fingerprint density at radius 3 is 2.60 bits per heavy atom. The number of carboxylic acid groups (broad SMARTS) is 1. The smallest absolute Gasteiger partial charge is 0.407 e. The number of nitrogens with zero attached hydrogens (tertiary/aromatic N) is 4. The summed E-state index contributed by atoms with van der Waals surface area (Å²) in [6.45, 7) is 1.06. The zero-order chi connectivity index (χ0) is 17.2. The monoisotopic (exact) mass is 335 g/mol. The molecule has 7 nitrogen and oxygen atoms in total. The molecule has 1 saturated heterocycles. The molecule has 25 heavy (non-hydrogen) atoms. The van der Waals surface area contributed by atoms with Crippen LogP contribution in [-0.2, 0) is 0 Å². The molecule has 4 rings (SSSR count). The number of aromatic amines is 1. The van der Waals surface area contributed by atoms with Crippen LogP contribution in [0.5, 0.6) is 0 Å². The van der Waals surface area contributed by atoms with Gasteiger partial charge in [0.05, 0.1) is 5.69 Å². The van der Waals surface area contributed by atoms with Crippen LogP contribution in [0.25, 0.3) is 22.6 Å². The minimum Gasteiger partial charge on any atom is -0.465 e. The van der Waals surface area contributed by atoms with Crippen LogP contribution in [0.1, 0.15) is 18.0 Å². The van der Waals surface area contributed by atoms with Crippen molar-refractivity contribution >= 4 is 6.09 Å². The van der Waals surface area contributed by atoms with Crippen LogP contribution in [-0.4, -0.2) is 49.4 Å². The molecule has 0 saturated carbocycles. The van der Waals surface area contributed by atoms with Crippen molar-refractivity contribution in [1.82, 2.24) is 25.1 Å². The first kappa shape index (κ1) is 15.3. The molecule has 1 unspecified atom stereocenters. The van der Waals surface area contributed by atoms with Crippen molar-refractivity contribution in [2.75, 3.05) is 13.1 Å². The molecule has 1 aliphatic heterocycles. The molecule has 2 aromatic heterocycles. The lowest BCUT2D eigenvalue weighted by Gasteiger charge is -2.10. The lowest BCUT2D eigenvalue weighted by atomic mass is 10.0. The Morgan fingerprint density at radius 2 is 1.92 bits per heavy atom. The van der Waals surface area contributed by atoms with E-state index in [4.69, 9.17) is 5.11 Å². The number of amides is 1. The van der Waals surface area contributed by atoms with E-state index in [1.54, 1.807) is 12.4 Å². The molecule has 0 bridgehead atoms. The molecule has 0 aliphatic carbocycles. The van der Waals surface area contributed by atoms with E-state index in [2.05, 4.69) is 20.2 Å². The van der Waals surface area contributed by atoms with Gasteiger partial charge in [-0.3, -0.25) is 5.10 Å². The van der Waals surface area contributed by atoms with Crippen LogP contribution >= 0.6 is 0 Å². The molecule has 0 spiro atoms. The molecule has 3 heterocycles. The van der Waals surface area contributed by atoms with Gasteiger partial charge in [0.2, 0.25) is 0 Å². The Bertz CT molecular complexity index is 876. The summed E-state index contributed by atoms with van der Waals surface area (Å²) in [6, 6.07) is 11.8. The molecule has 1 aliphatic rings. The normalized spacial score (nSPS) is 17.0. The van der Waals surface area contributed by atoms with E-state index >= 15 is 0 Å². The van der Waals surface area contributed by atoms with Crippen LogP contribution < -0.4 is 0 Å². The second kappa shape index (κ2) is 6.35. The van der Waals surface area contributed by atoms with Gasteiger partial charge in [-0.2, -0.15) is 5.10 Å². The fourth-order valence-electron chi connectivity index (χ4n) is 3.08. The molecular weight excluding hydrogens is 318 g/mol. The first-order chi connectivity index (χ1) is 12.2. The van der Waals surface area contributed by atoms with Gasteiger partial charge in [0.1, 0.15) is 0 Å². The van der Waals surface area contributed by atoms with E-state index in [0.29, 0.717) is 18.9 Å². The molecule has 2 N–H and O–H groups in total. The average Bonchev–Trinajstić information content (AvgIpc) is 3.32. The van der Waals surface area contributed by atoms with Crippen LogP contribution in [0.2, 0.25) is 0 Å². The molecule has 1 amide bonds. The van der Waals surface area contributed by atoms with Gasteiger partial charge in [-0.25, -0.2) is 14.8 Å². The predicted octanol–water partition coefficient (Wildman–Crippen LogP) is 3.00. The number of rotatable bonds is 3. The van der Waals surface area contributed by atoms with Gasteiger partial charge in [-0.15, -0.1) is 0 Å². The Labute approximate surface area is 144 Å². The number of hydrogen-bond donors (Lipinski definition) is 2. The van der Waals surface area contributed by atoms with Gasteiger partial charge in [-0.05, 0) is 12.5 Å². The third-order valence-electron chi connectivity index (χ3n) is 4.48. The second-order valence-corrected chi connectivity index (χ2v) is 6.08. The highest BCUT2D eigenvalue weighted by Crippen LogP contribution is 2.28. The minimum absolute atomic E-state index is 0.155. The SMILES string of the molecule is O=C(O)N1CCC(c2cc(-c3cnc(-c4ccccc4)nc3)n[nH]2)C1. The summed E-state index contributed by atoms with van der Waals surface area (Å²) in [7, 11) is 0. The van der Waals surface area contributed by atoms with Crippen molar-refractivity contribution in [3.8, 4) is 22.6 Å². The van der Waals surface area contributed by atoms with Gasteiger partial charge in [0, 0.05) is 48.2 Å². The largest absolute Gasteiger partial charge is 0.465 e. The van der Waals surface area contributed by atoms with E-state index in [9.17, 15) is 4.79 Å². The molecule has 1 aromatic carbocycles. The first-order valence-corrected chi connectivity index (χ1v) is 8.12. The highest BCUT2D eigenvalue weighted by atomic mass is 16.4. The molecule has 126 valence electrons. The van der Waals surface area contributed by atoms with Crippen molar-refractivity contribution in [3.05, 3.63) is 54.5 Å². The van der Waals surface area contributed by atoms with Crippen LogP contribution in [0, 0.1) is 0 Å². The van der Waals surface area contributed by atoms with Gasteiger partial charge in [0.15, 0.2) is 5.82 Å². The lowest BCUT2D eigenvalue weighted by Crippen LogP contribution is -2.26. The van der Waals surface area contributed by atoms with Gasteiger partial charge >= 0.3 is 6.09 Å². The number of aromatic nitrogens is 4. The highest BCUT2D eigenvalue weighted by molar-refractivity contribution is 5.65. The number of hydrogen-bond acceptors (Lipinski definition) is 4. The van der Waals surface area contributed by atoms with Crippen molar-refractivity contribution in [1.29, 1.82) is 0 Å². The third-order valence-corrected chi connectivity index (χ3v) is 4.48. The van der Waals surface area contributed by atoms with Gasteiger partial charge in [-0.1, -0.05) is 30.3 Å². The highest BCUT2D eigenvalue weighted by Gasteiger charge is 2.28. The molecule has 1 fully saturated rings. The average molecular weight is 335 g/mol.